The Bertz CT molecular complexity index is 653. The summed E-state index contributed by atoms with van der Waals surface area (Å²) in [6.07, 6.45) is 37.8. The minimum Gasteiger partial charge on any atom is -0.343 e. The molecule has 0 saturated heterocycles. The summed E-state index contributed by atoms with van der Waals surface area (Å²) in [4.78, 5) is -0.0741. The third kappa shape index (κ3) is 32.5. The van der Waals surface area contributed by atoms with Gasteiger partial charge in [0.15, 0.2) is 0 Å². The molecule has 0 aliphatic rings. The quantitative estimate of drug-likeness (QED) is 0.0520. The van der Waals surface area contributed by atoms with E-state index < -0.39 is 10.1 Å². The van der Waals surface area contributed by atoms with Gasteiger partial charge in [-0.2, -0.15) is 14.8 Å². The van der Waals surface area contributed by atoms with Crippen molar-refractivity contribution in [2.75, 3.05) is 0 Å². The van der Waals surface area contributed by atoms with Crippen LogP contribution in [-0.4, -0.2) is 13.0 Å². The molecule has 0 atom stereocenters. The van der Waals surface area contributed by atoms with E-state index >= 15 is 0 Å². The molecule has 1 rings (SSSR count). The molecule has 0 aliphatic heterocycles. The second kappa shape index (κ2) is 32.6. The average molecular weight is 575 g/mol. The predicted molar refractivity (Wildman–Crippen MR) is 167 cm³/mol. The molecule has 1 aromatic rings. The van der Waals surface area contributed by atoms with Gasteiger partial charge in [-0.05, 0) is 12.1 Å². The van der Waals surface area contributed by atoms with E-state index in [0.29, 0.717) is 0 Å². The van der Waals surface area contributed by atoms with Crippen molar-refractivity contribution in [2.45, 2.75) is 179 Å². The zero-order chi connectivity index (χ0) is 28.0. The number of unbranched alkanes of at least 4 members (excludes halogenated alkanes) is 25. The van der Waals surface area contributed by atoms with Crippen LogP contribution in [0.2, 0.25) is 0 Å². The molecule has 0 unspecified atom stereocenters. The fourth-order valence-corrected chi connectivity index (χ4v) is 5.41. The van der Waals surface area contributed by atoms with Gasteiger partial charge in [-0.3, -0.25) is 4.55 Å². The Balaban J connectivity index is 0. The molecule has 0 aliphatic carbocycles. The minimum absolute atomic E-state index is 0. The van der Waals surface area contributed by atoms with Crippen LogP contribution in [0, 0.1) is 6.92 Å². The smallest absolute Gasteiger partial charge is 0.343 e. The van der Waals surface area contributed by atoms with Crippen molar-refractivity contribution in [3.8, 4) is 0 Å². The fraction of sp³-hybridized carbons (Fsp3) is 0.794. The molecule has 1 aromatic carbocycles. The summed E-state index contributed by atoms with van der Waals surface area (Å²) in [6.45, 7) is 6.22. The van der Waals surface area contributed by atoms with E-state index in [1.807, 2.05) is 0 Å². The first-order valence-electron chi connectivity index (χ1n) is 16.3. The first-order chi connectivity index (χ1) is 18.5. The number of hydrogen-bond acceptors (Lipinski definition) is 2. The van der Waals surface area contributed by atoms with Crippen LogP contribution in [0.3, 0.4) is 0 Å². The molecular formula is C34H63NaO3S. The van der Waals surface area contributed by atoms with Crippen molar-refractivity contribution in [2.24, 2.45) is 0 Å². The topological polar surface area (TPSA) is 54.4 Å². The Morgan fingerprint density at radius 2 is 0.769 bits per heavy atom. The maximum absolute atomic E-state index is 10.4. The summed E-state index contributed by atoms with van der Waals surface area (Å²) in [5.41, 5.74) is 0. The summed E-state index contributed by atoms with van der Waals surface area (Å²) in [7, 11) is -4.00. The van der Waals surface area contributed by atoms with E-state index in [1.54, 1.807) is 18.2 Å². The molecule has 0 heterocycles. The normalized spacial score (nSPS) is 11.1. The Morgan fingerprint density at radius 3 is 0.974 bits per heavy atom. The second-order valence-electron chi connectivity index (χ2n) is 11.1. The van der Waals surface area contributed by atoms with Gasteiger partial charge in [0.2, 0.25) is 0 Å². The van der Waals surface area contributed by atoms with E-state index in [9.17, 15) is 8.42 Å². The SMILES string of the molecule is O=S(=O)(O)c1ccccc1.[CH2-]CCCCCCCCCCCCCCCCCCCCCCCCCCC.[Na+]. The zero-order valence-corrected chi connectivity index (χ0v) is 29.0. The Hall–Kier alpha value is 0.130. The van der Waals surface area contributed by atoms with Crippen LogP contribution in [0.1, 0.15) is 174 Å². The molecule has 0 aromatic heterocycles. The summed E-state index contributed by atoms with van der Waals surface area (Å²) < 4.78 is 29.2. The van der Waals surface area contributed by atoms with Crippen molar-refractivity contribution >= 4 is 10.1 Å². The summed E-state index contributed by atoms with van der Waals surface area (Å²) in [6, 6.07) is 7.42. The minimum atomic E-state index is -4.00. The first kappa shape index (κ1) is 41.3. The van der Waals surface area contributed by atoms with Crippen LogP contribution in [0.25, 0.3) is 0 Å². The van der Waals surface area contributed by atoms with Crippen molar-refractivity contribution in [3.63, 3.8) is 0 Å². The average Bonchev–Trinajstić information content (AvgIpc) is 2.91. The molecule has 5 heteroatoms. The van der Waals surface area contributed by atoms with Gasteiger partial charge in [0, 0.05) is 0 Å². The molecule has 3 nitrogen and oxygen atoms in total. The van der Waals surface area contributed by atoms with Gasteiger partial charge >= 0.3 is 29.6 Å². The van der Waals surface area contributed by atoms with E-state index in [-0.39, 0.29) is 34.5 Å². The standard InChI is InChI=1S/C28H57.C6H6O3S.Na/c1-3-5-7-9-11-13-15-17-19-21-23-25-27-28-26-24-22-20-18-16-14-12-10-8-6-4-2;7-10(8,9)6-4-2-1-3-5-6;/h1,3-28H2,2H3;1-5H,(H,7,8,9);/q-1;;+1. The maximum Gasteiger partial charge on any atom is 1.00 e. The Kier molecular flexibility index (Phi) is 34.5. The van der Waals surface area contributed by atoms with Crippen LogP contribution in [-0.2, 0) is 10.1 Å². The van der Waals surface area contributed by atoms with E-state index in [1.165, 1.54) is 173 Å². The van der Waals surface area contributed by atoms with Crippen molar-refractivity contribution in [3.05, 3.63) is 37.3 Å². The first-order valence-corrected chi connectivity index (χ1v) is 17.8. The number of rotatable bonds is 26. The molecule has 224 valence electrons. The van der Waals surface area contributed by atoms with Gasteiger partial charge in [0.1, 0.15) is 0 Å². The zero-order valence-electron chi connectivity index (χ0n) is 26.2. The van der Waals surface area contributed by atoms with Crippen molar-refractivity contribution in [1.29, 1.82) is 0 Å². The van der Waals surface area contributed by atoms with E-state index in [0.717, 1.165) is 6.42 Å². The molecular weight excluding hydrogens is 511 g/mol. The molecule has 0 fully saturated rings. The molecule has 0 spiro atoms. The molecule has 0 bridgehead atoms. The van der Waals surface area contributed by atoms with Gasteiger partial charge < -0.3 is 6.92 Å². The molecule has 1 N–H and O–H groups in total. The summed E-state index contributed by atoms with van der Waals surface area (Å²) in [5.74, 6) is 0. The van der Waals surface area contributed by atoms with Crippen LogP contribution >= 0.6 is 0 Å². The van der Waals surface area contributed by atoms with Crippen LogP contribution in [0.5, 0.6) is 0 Å². The summed E-state index contributed by atoms with van der Waals surface area (Å²) >= 11 is 0. The van der Waals surface area contributed by atoms with Gasteiger partial charge in [0.05, 0.1) is 4.90 Å². The molecule has 0 radical (unpaired) electrons. The maximum atomic E-state index is 10.4. The Morgan fingerprint density at radius 1 is 0.513 bits per heavy atom. The van der Waals surface area contributed by atoms with E-state index in [4.69, 9.17) is 4.55 Å². The molecule has 0 saturated carbocycles. The van der Waals surface area contributed by atoms with Gasteiger partial charge in [-0.25, -0.2) is 0 Å². The van der Waals surface area contributed by atoms with Crippen LogP contribution in [0.15, 0.2) is 35.2 Å². The third-order valence-corrected chi connectivity index (χ3v) is 8.26. The van der Waals surface area contributed by atoms with Crippen molar-refractivity contribution in [1.82, 2.24) is 0 Å². The fourth-order valence-electron chi connectivity index (χ4n) is 4.91. The number of hydrogen-bond donors (Lipinski definition) is 1. The van der Waals surface area contributed by atoms with Crippen LogP contribution in [0.4, 0.5) is 0 Å². The predicted octanol–water partition coefficient (Wildman–Crippen LogP) is 8.92. The third-order valence-electron chi connectivity index (χ3n) is 7.39. The van der Waals surface area contributed by atoms with Crippen molar-refractivity contribution < 1.29 is 42.5 Å². The van der Waals surface area contributed by atoms with Crippen LogP contribution < -0.4 is 29.6 Å². The van der Waals surface area contributed by atoms with Gasteiger partial charge in [0.25, 0.3) is 10.1 Å². The van der Waals surface area contributed by atoms with E-state index in [2.05, 4.69) is 13.8 Å². The summed E-state index contributed by atoms with van der Waals surface area (Å²) in [5, 5.41) is 0. The van der Waals surface area contributed by atoms with Gasteiger partial charge in [-0.15, -0.1) is 0 Å². The molecule has 39 heavy (non-hydrogen) atoms. The Labute approximate surface area is 267 Å². The molecule has 0 amide bonds. The second-order valence-corrected chi connectivity index (χ2v) is 12.5. The monoisotopic (exact) mass is 574 g/mol. The number of benzene rings is 1. The van der Waals surface area contributed by atoms with Gasteiger partial charge in [-0.1, -0.05) is 186 Å². The largest absolute Gasteiger partial charge is 1.00 e.